The fraction of sp³-hybridized carbons (Fsp3) is 0.136. The van der Waals surface area contributed by atoms with E-state index in [-0.39, 0.29) is 5.56 Å². The molecule has 148 valence electrons. The number of nitrogens with one attached hydrogen (secondary N) is 1. The van der Waals surface area contributed by atoms with Gasteiger partial charge in [0.2, 0.25) is 0 Å². The van der Waals surface area contributed by atoms with E-state index in [1.54, 1.807) is 36.7 Å². The fourth-order valence-corrected chi connectivity index (χ4v) is 3.07. The number of nitrogens with zero attached hydrogens (tertiary/aromatic N) is 2. The van der Waals surface area contributed by atoms with E-state index in [4.69, 9.17) is 9.47 Å². The van der Waals surface area contributed by atoms with Gasteiger partial charge in [-0.3, -0.25) is 15.4 Å². The fourth-order valence-electron chi connectivity index (χ4n) is 3.07. The van der Waals surface area contributed by atoms with Gasteiger partial charge >= 0.3 is 0 Å². The van der Waals surface area contributed by atoms with E-state index in [0.717, 1.165) is 22.7 Å². The lowest BCUT2D eigenvalue weighted by Crippen LogP contribution is -2.37. The Hall–Kier alpha value is -3.61. The lowest BCUT2D eigenvalue weighted by atomic mass is 10.1. The molecule has 1 aliphatic heterocycles. The zero-order chi connectivity index (χ0) is 20.2. The Morgan fingerprint density at radius 3 is 2.90 bits per heavy atom. The minimum atomic E-state index is -0.879. The number of benzene rings is 2. The third kappa shape index (κ3) is 3.99. The van der Waals surface area contributed by atoms with Crippen molar-refractivity contribution in [2.45, 2.75) is 0 Å². The van der Waals surface area contributed by atoms with Crippen LogP contribution in [0.5, 0.6) is 11.5 Å². The van der Waals surface area contributed by atoms with Gasteiger partial charge in [-0.2, -0.15) is 0 Å². The monoisotopic (exact) mass is 395 g/mol. The summed E-state index contributed by atoms with van der Waals surface area (Å²) >= 11 is 0. The summed E-state index contributed by atoms with van der Waals surface area (Å²) in [4.78, 5) is 4.34. The van der Waals surface area contributed by atoms with Crippen LogP contribution in [0.25, 0.3) is 16.6 Å². The van der Waals surface area contributed by atoms with Gasteiger partial charge in [0, 0.05) is 29.4 Å². The van der Waals surface area contributed by atoms with Gasteiger partial charge in [0.05, 0.1) is 24.9 Å². The summed E-state index contributed by atoms with van der Waals surface area (Å²) in [6, 6.07) is 11.5. The largest absolute Gasteiger partial charge is 0.497 e. The van der Waals surface area contributed by atoms with Gasteiger partial charge in [-0.15, -0.1) is 0 Å². The molecule has 0 aliphatic carbocycles. The maximum Gasteiger partial charge on any atom is 0.168 e. The van der Waals surface area contributed by atoms with Gasteiger partial charge in [0.15, 0.2) is 11.6 Å². The molecule has 2 heterocycles. The van der Waals surface area contributed by atoms with Crippen LogP contribution >= 0.6 is 0 Å². The summed E-state index contributed by atoms with van der Waals surface area (Å²) in [5, 5.41) is 2.64. The molecule has 0 radical (unpaired) electrons. The molecule has 0 saturated carbocycles. The van der Waals surface area contributed by atoms with Gasteiger partial charge in [-0.1, -0.05) is 6.07 Å². The molecule has 0 fully saturated rings. The van der Waals surface area contributed by atoms with Crippen LogP contribution in [0.2, 0.25) is 0 Å². The van der Waals surface area contributed by atoms with Gasteiger partial charge in [-0.05, 0) is 42.5 Å². The van der Waals surface area contributed by atoms with E-state index in [9.17, 15) is 8.78 Å². The molecule has 1 N–H and O–H groups in total. The molecule has 0 bridgehead atoms. The number of aromatic nitrogens is 1. The molecule has 1 aliphatic rings. The molecular weight excluding hydrogens is 376 g/mol. The number of hydrazine groups is 1. The van der Waals surface area contributed by atoms with Gasteiger partial charge < -0.3 is 9.47 Å². The molecule has 0 atom stereocenters. The Morgan fingerprint density at radius 1 is 1.14 bits per heavy atom. The SMILES string of the molecule is COc1ccc2c(OCCN3C=CC=C(c4cccc(F)c4F)N3)ccnc2c1. The molecule has 0 amide bonds. The van der Waals surface area contributed by atoms with E-state index in [1.165, 1.54) is 12.1 Å². The second kappa shape index (κ2) is 8.18. The summed E-state index contributed by atoms with van der Waals surface area (Å²) in [6.07, 6.45) is 6.95. The first kappa shape index (κ1) is 18.7. The highest BCUT2D eigenvalue weighted by molar-refractivity contribution is 5.85. The summed E-state index contributed by atoms with van der Waals surface area (Å²) in [7, 11) is 1.61. The molecule has 1 aromatic heterocycles. The van der Waals surface area contributed by atoms with Gasteiger partial charge in [0.25, 0.3) is 0 Å². The topological polar surface area (TPSA) is 46.6 Å². The quantitative estimate of drug-likeness (QED) is 0.675. The van der Waals surface area contributed by atoms with Crippen molar-refractivity contribution in [2.75, 3.05) is 20.3 Å². The second-order valence-electron chi connectivity index (χ2n) is 6.37. The van der Waals surface area contributed by atoms with Crippen molar-refractivity contribution in [3.05, 3.63) is 84.2 Å². The Kier molecular flexibility index (Phi) is 5.29. The molecule has 7 heteroatoms. The number of rotatable bonds is 6. The van der Waals surface area contributed by atoms with E-state index in [1.807, 2.05) is 24.3 Å². The molecular formula is C22H19F2N3O2. The molecule has 4 rings (SSSR count). The third-order valence-corrected chi connectivity index (χ3v) is 4.53. The van der Waals surface area contributed by atoms with Crippen molar-refractivity contribution < 1.29 is 18.3 Å². The standard InChI is InChI=1S/C22H19F2N3O2/c1-28-15-7-8-16-20(14-15)25-10-9-21(16)29-13-12-27-11-3-6-19(26-27)17-4-2-5-18(23)22(17)24/h2-11,14,26H,12-13H2,1H3. The second-order valence-corrected chi connectivity index (χ2v) is 6.37. The van der Waals surface area contributed by atoms with Crippen LogP contribution in [-0.4, -0.2) is 30.3 Å². The van der Waals surface area contributed by atoms with E-state index in [2.05, 4.69) is 10.4 Å². The van der Waals surface area contributed by atoms with Gasteiger partial charge in [-0.25, -0.2) is 8.78 Å². The minimum absolute atomic E-state index is 0.175. The average Bonchev–Trinajstić information content (AvgIpc) is 2.75. The minimum Gasteiger partial charge on any atom is -0.497 e. The highest BCUT2D eigenvalue weighted by Gasteiger charge is 2.15. The number of hydrogen-bond donors (Lipinski definition) is 1. The van der Waals surface area contributed by atoms with Crippen molar-refractivity contribution in [1.82, 2.24) is 15.4 Å². The molecule has 5 nitrogen and oxygen atoms in total. The zero-order valence-corrected chi connectivity index (χ0v) is 15.7. The van der Waals surface area contributed by atoms with Crippen LogP contribution in [-0.2, 0) is 0 Å². The van der Waals surface area contributed by atoms with Crippen molar-refractivity contribution in [3.8, 4) is 11.5 Å². The van der Waals surface area contributed by atoms with Crippen LogP contribution in [0.1, 0.15) is 5.56 Å². The van der Waals surface area contributed by atoms with Crippen LogP contribution in [0.3, 0.4) is 0 Å². The first-order chi connectivity index (χ1) is 14.2. The molecule has 0 unspecified atom stereocenters. The first-order valence-electron chi connectivity index (χ1n) is 9.07. The lowest BCUT2D eigenvalue weighted by Gasteiger charge is -2.27. The average molecular weight is 395 g/mol. The maximum atomic E-state index is 14.1. The van der Waals surface area contributed by atoms with Crippen LogP contribution in [0.4, 0.5) is 8.78 Å². The smallest absolute Gasteiger partial charge is 0.168 e. The van der Waals surface area contributed by atoms with E-state index < -0.39 is 11.6 Å². The summed E-state index contributed by atoms with van der Waals surface area (Å²) in [5.74, 6) is -0.313. The number of fused-ring (bicyclic) bond motifs is 1. The van der Waals surface area contributed by atoms with E-state index in [0.29, 0.717) is 24.6 Å². The van der Waals surface area contributed by atoms with Crippen LogP contribution in [0.15, 0.2) is 67.0 Å². The normalized spacial score (nSPS) is 13.2. The third-order valence-electron chi connectivity index (χ3n) is 4.53. The Morgan fingerprint density at radius 2 is 2.03 bits per heavy atom. The molecule has 2 aromatic carbocycles. The van der Waals surface area contributed by atoms with Crippen molar-refractivity contribution >= 4 is 16.6 Å². The van der Waals surface area contributed by atoms with Crippen molar-refractivity contribution in [3.63, 3.8) is 0 Å². The number of pyridine rings is 1. The van der Waals surface area contributed by atoms with Crippen LogP contribution < -0.4 is 14.9 Å². The molecule has 3 aromatic rings. The lowest BCUT2D eigenvalue weighted by molar-refractivity contribution is 0.232. The summed E-state index contributed by atoms with van der Waals surface area (Å²) < 4.78 is 38.7. The number of ether oxygens (including phenoxy) is 2. The van der Waals surface area contributed by atoms with E-state index >= 15 is 0 Å². The Labute approximate surface area is 166 Å². The number of hydrogen-bond acceptors (Lipinski definition) is 5. The highest BCUT2D eigenvalue weighted by atomic mass is 19.2. The number of halogens is 2. The molecule has 0 spiro atoms. The first-order valence-corrected chi connectivity index (χ1v) is 9.07. The Balaban J connectivity index is 1.41. The molecule has 0 saturated heterocycles. The highest BCUT2D eigenvalue weighted by Crippen LogP contribution is 2.27. The predicted molar refractivity (Wildman–Crippen MR) is 107 cm³/mol. The van der Waals surface area contributed by atoms with Crippen LogP contribution in [0, 0.1) is 11.6 Å². The van der Waals surface area contributed by atoms with Gasteiger partial charge in [0.1, 0.15) is 18.1 Å². The molecule has 29 heavy (non-hydrogen) atoms. The van der Waals surface area contributed by atoms with Crippen molar-refractivity contribution in [2.24, 2.45) is 0 Å². The summed E-state index contributed by atoms with van der Waals surface area (Å²) in [6.45, 7) is 0.867. The Bertz CT molecular complexity index is 1100. The number of methoxy groups -OCH3 is 1. The van der Waals surface area contributed by atoms with Crippen molar-refractivity contribution in [1.29, 1.82) is 0 Å². The predicted octanol–water partition coefficient (Wildman–Crippen LogP) is 4.28. The maximum absolute atomic E-state index is 14.1. The zero-order valence-electron chi connectivity index (χ0n) is 15.7. The summed E-state index contributed by atoms with van der Waals surface area (Å²) in [5.41, 5.74) is 4.50. The number of allylic oxidation sites excluding steroid dienone is 2.